The summed E-state index contributed by atoms with van der Waals surface area (Å²) < 4.78 is 31.9. The molecule has 0 bridgehead atoms. The van der Waals surface area contributed by atoms with Crippen LogP contribution in [0.5, 0.6) is 5.75 Å². The molecule has 0 radical (unpaired) electrons. The van der Waals surface area contributed by atoms with Gasteiger partial charge in [-0.1, -0.05) is 48.5 Å². The first-order chi connectivity index (χ1) is 10.1. The van der Waals surface area contributed by atoms with Gasteiger partial charge in [-0.15, -0.1) is 0 Å². The Hall–Kier alpha value is -1.85. The molecule has 0 aliphatic heterocycles. The zero-order valence-electron chi connectivity index (χ0n) is 12.0. The molecule has 21 heavy (non-hydrogen) atoms. The van der Waals surface area contributed by atoms with Crippen LogP contribution in [0.2, 0.25) is 0 Å². The van der Waals surface area contributed by atoms with Crippen molar-refractivity contribution in [3.8, 4) is 5.75 Å². The number of hydrogen-bond donors (Lipinski definition) is 1. The van der Waals surface area contributed by atoms with Crippen LogP contribution in [0.3, 0.4) is 0 Å². The molecule has 0 spiro atoms. The van der Waals surface area contributed by atoms with Gasteiger partial charge in [0.2, 0.25) is 10.0 Å². The molecule has 0 saturated carbocycles. The van der Waals surface area contributed by atoms with E-state index in [0.717, 1.165) is 16.9 Å². The summed E-state index contributed by atoms with van der Waals surface area (Å²) in [4.78, 5) is 0. The SMILES string of the molecule is Cc1ccccc1OCCNS(=O)(=O)Cc1ccccc1. The van der Waals surface area contributed by atoms with Crippen LogP contribution >= 0.6 is 0 Å². The maximum absolute atomic E-state index is 11.9. The predicted molar refractivity (Wildman–Crippen MR) is 83.7 cm³/mol. The highest BCUT2D eigenvalue weighted by Gasteiger charge is 2.10. The van der Waals surface area contributed by atoms with Gasteiger partial charge in [0.05, 0.1) is 5.75 Å². The summed E-state index contributed by atoms with van der Waals surface area (Å²) in [7, 11) is -3.33. The highest BCUT2D eigenvalue weighted by molar-refractivity contribution is 7.88. The summed E-state index contributed by atoms with van der Waals surface area (Å²) in [5.74, 6) is 0.762. The molecule has 0 aliphatic rings. The molecule has 0 saturated heterocycles. The number of hydrogen-bond acceptors (Lipinski definition) is 3. The maximum Gasteiger partial charge on any atom is 0.215 e. The van der Waals surface area contributed by atoms with Crippen molar-refractivity contribution < 1.29 is 13.2 Å². The molecule has 4 nitrogen and oxygen atoms in total. The van der Waals surface area contributed by atoms with E-state index in [9.17, 15) is 8.42 Å². The van der Waals surface area contributed by atoms with Gasteiger partial charge in [0.25, 0.3) is 0 Å². The van der Waals surface area contributed by atoms with Gasteiger partial charge in [-0.05, 0) is 24.1 Å². The molecule has 2 rings (SSSR count). The average Bonchev–Trinajstić information content (AvgIpc) is 2.46. The Kier molecular flexibility index (Phi) is 5.36. The Morgan fingerprint density at radius 1 is 1.00 bits per heavy atom. The third-order valence-electron chi connectivity index (χ3n) is 2.97. The first-order valence-corrected chi connectivity index (χ1v) is 8.42. The average molecular weight is 305 g/mol. The van der Waals surface area contributed by atoms with Gasteiger partial charge in [0.1, 0.15) is 12.4 Å². The number of ether oxygens (including phenoxy) is 1. The lowest BCUT2D eigenvalue weighted by Gasteiger charge is -2.10. The summed E-state index contributed by atoms with van der Waals surface area (Å²) in [6.45, 7) is 2.51. The summed E-state index contributed by atoms with van der Waals surface area (Å²) in [5, 5.41) is 0. The van der Waals surface area contributed by atoms with Crippen molar-refractivity contribution in [3.05, 3.63) is 65.7 Å². The normalized spacial score (nSPS) is 11.3. The number of rotatable bonds is 7. The van der Waals surface area contributed by atoms with Gasteiger partial charge in [-0.25, -0.2) is 13.1 Å². The largest absolute Gasteiger partial charge is 0.492 e. The van der Waals surface area contributed by atoms with Crippen molar-refractivity contribution in [2.45, 2.75) is 12.7 Å². The highest BCUT2D eigenvalue weighted by Crippen LogP contribution is 2.15. The second kappa shape index (κ2) is 7.24. The van der Waals surface area contributed by atoms with E-state index in [1.807, 2.05) is 49.4 Å². The van der Waals surface area contributed by atoms with Crippen LogP contribution in [0.4, 0.5) is 0 Å². The molecule has 5 heteroatoms. The van der Waals surface area contributed by atoms with Crippen molar-refractivity contribution in [1.82, 2.24) is 4.72 Å². The van der Waals surface area contributed by atoms with E-state index in [1.165, 1.54) is 0 Å². The molecule has 0 amide bonds. The zero-order valence-corrected chi connectivity index (χ0v) is 12.8. The second-order valence-corrected chi connectivity index (χ2v) is 6.56. The van der Waals surface area contributed by atoms with E-state index in [2.05, 4.69) is 4.72 Å². The Bertz CT molecular complexity index is 669. The molecule has 0 heterocycles. The summed E-state index contributed by atoms with van der Waals surface area (Å²) >= 11 is 0. The van der Waals surface area contributed by atoms with Crippen LogP contribution in [0.25, 0.3) is 0 Å². The molecule has 112 valence electrons. The molecule has 1 N–H and O–H groups in total. The van der Waals surface area contributed by atoms with Gasteiger partial charge in [-0.3, -0.25) is 0 Å². The number of para-hydroxylation sites is 1. The Balaban J connectivity index is 1.79. The van der Waals surface area contributed by atoms with E-state index in [-0.39, 0.29) is 12.3 Å². The van der Waals surface area contributed by atoms with Crippen molar-refractivity contribution >= 4 is 10.0 Å². The van der Waals surface area contributed by atoms with E-state index in [4.69, 9.17) is 4.74 Å². The van der Waals surface area contributed by atoms with E-state index < -0.39 is 10.0 Å². The summed E-state index contributed by atoms with van der Waals surface area (Å²) in [6, 6.07) is 16.7. The fourth-order valence-corrected chi connectivity index (χ4v) is 3.05. The number of benzene rings is 2. The lowest BCUT2D eigenvalue weighted by atomic mass is 10.2. The van der Waals surface area contributed by atoms with E-state index in [0.29, 0.717) is 6.61 Å². The lowest BCUT2D eigenvalue weighted by molar-refractivity contribution is 0.320. The molecule has 2 aromatic carbocycles. The Labute approximate surface area is 125 Å². The van der Waals surface area contributed by atoms with Gasteiger partial charge in [0.15, 0.2) is 0 Å². The van der Waals surface area contributed by atoms with Gasteiger partial charge in [-0.2, -0.15) is 0 Å². The molecule has 0 fully saturated rings. The number of aryl methyl sites for hydroxylation is 1. The quantitative estimate of drug-likeness (QED) is 0.800. The maximum atomic E-state index is 11.9. The summed E-state index contributed by atoms with van der Waals surface area (Å²) in [5.41, 5.74) is 1.80. The van der Waals surface area contributed by atoms with Gasteiger partial charge in [0, 0.05) is 6.54 Å². The zero-order chi connectivity index (χ0) is 15.1. The minimum Gasteiger partial charge on any atom is -0.492 e. The molecule has 2 aromatic rings. The Morgan fingerprint density at radius 3 is 2.38 bits per heavy atom. The van der Waals surface area contributed by atoms with Gasteiger partial charge >= 0.3 is 0 Å². The molecule has 0 unspecified atom stereocenters. The minimum absolute atomic E-state index is 0.0157. The van der Waals surface area contributed by atoms with Crippen molar-refractivity contribution in [2.75, 3.05) is 13.2 Å². The number of nitrogens with one attached hydrogen (secondary N) is 1. The van der Waals surface area contributed by atoms with Crippen LogP contribution in [0.15, 0.2) is 54.6 Å². The van der Waals surface area contributed by atoms with Crippen LogP contribution in [0.1, 0.15) is 11.1 Å². The minimum atomic E-state index is -3.33. The highest BCUT2D eigenvalue weighted by atomic mass is 32.2. The van der Waals surface area contributed by atoms with Crippen LogP contribution in [-0.4, -0.2) is 21.6 Å². The van der Waals surface area contributed by atoms with Gasteiger partial charge < -0.3 is 4.74 Å². The van der Waals surface area contributed by atoms with Crippen molar-refractivity contribution in [3.63, 3.8) is 0 Å². The number of sulfonamides is 1. The standard InChI is InChI=1S/C16H19NO3S/c1-14-7-5-6-10-16(14)20-12-11-17-21(18,19)13-15-8-3-2-4-9-15/h2-10,17H,11-13H2,1H3. The lowest BCUT2D eigenvalue weighted by Crippen LogP contribution is -2.29. The van der Waals surface area contributed by atoms with E-state index in [1.54, 1.807) is 12.1 Å². The fraction of sp³-hybridized carbons (Fsp3) is 0.250. The Morgan fingerprint density at radius 2 is 1.67 bits per heavy atom. The van der Waals surface area contributed by atoms with Crippen molar-refractivity contribution in [2.24, 2.45) is 0 Å². The van der Waals surface area contributed by atoms with E-state index >= 15 is 0 Å². The first-order valence-electron chi connectivity index (χ1n) is 6.76. The van der Waals surface area contributed by atoms with Crippen LogP contribution < -0.4 is 9.46 Å². The third kappa shape index (κ3) is 5.21. The summed E-state index contributed by atoms with van der Waals surface area (Å²) in [6.07, 6.45) is 0. The second-order valence-electron chi connectivity index (χ2n) is 4.75. The van der Waals surface area contributed by atoms with Crippen LogP contribution in [-0.2, 0) is 15.8 Å². The topological polar surface area (TPSA) is 55.4 Å². The first kappa shape index (κ1) is 15.5. The molecule has 0 aromatic heterocycles. The smallest absolute Gasteiger partial charge is 0.215 e. The molecule has 0 aliphatic carbocycles. The predicted octanol–water partition coefficient (Wildman–Crippen LogP) is 2.49. The fourth-order valence-electron chi connectivity index (χ4n) is 1.92. The monoisotopic (exact) mass is 305 g/mol. The molecular weight excluding hydrogens is 286 g/mol. The van der Waals surface area contributed by atoms with Crippen molar-refractivity contribution in [1.29, 1.82) is 0 Å². The third-order valence-corrected chi connectivity index (χ3v) is 4.33. The molecule has 0 atom stereocenters. The van der Waals surface area contributed by atoms with Crippen LogP contribution in [0, 0.1) is 6.92 Å². The molecular formula is C16H19NO3S.